The standard InChI is InChI=1S/C11H15NO2/c1-3-13-10-5-4-9-7-12(2)8-14-11(9)6-10/h4-6H,3,7-8H2,1-2H3. The molecule has 1 aromatic carbocycles. The van der Waals surface area contributed by atoms with E-state index in [-0.39, 0.29) is 0 Å². The zero-order valence-corrected chi connectivity index (χ0v) is 8.62. The van der Waals surface area contributed by atoms with Crippen LogP contribution in [0.3, 0.4) is 0 Å². The van der Waals surface area contributed by atoms with E-state index in [1.54, 1.807) is 0 Å². The number of nitrogens with zero attached hydrogens (tertiary/aromatic N) is 1. The molecule has 0 unspecified atom stereocenters. The van der Waals surface area contributed by atoms with E-state index in [0.717, 1.165) is 18.0 Å². The molecule has 0 radical (unpaired) electrons. The normalized spacial score (nSPS) is 15.9. The highest BCUT2D eigenvalue weighted by Crippen LogP contribution is 2.28. The summed E-state index contributed by atoms with van der Waals surface area (Å²) in [6, 6.07) is 6.02. The van der Waals surface area contributed by atoms with Gasteiger partial charge < -0.3 is 9.47 Å². The smallest absolute Gasteiger partial charge is 0.142 e. The van der Waals surface area contributed by atoms with Gasteiger partial charge in [-0.05, 0) is 20.0 Å². The average Bonchev–Trinajstić information content (AvgIpc) is 2.19. The van der Waals surface area contributed by atoms with Crippen LogP contribution in [-0.2, 0) is 6.54 Å². The minimum absolute atomic E-state index is 0.655. The summed E-state index contributed by atoms with van der Waals surface area (Å²) in [6.07, 6.45) is 0. The lowest BCUT2D eigenvalue weighted by Gasteiger charge is -2.25. The largest absolute Gasteiger partial charge is 0.494 e. The van der Waals surface area contributed by atoms with Gasteiger partial charge >= 0.3 is 0 Å². The molecule has 1 aliphatic rings. The van der Waals surface area contributed by atoms with Crippen molar-refractivity contribution in [3.8, 4) is 11.5 Å². The van der Waals surface area contributed by atoms with Crippen molar-refractivity contribution in [1.29, 1.82) is 0 Å². The lowest BCUT2D eigenvalue weighted by molar-refractivity contribution is 0.121. The van der Waals surface area contributed by atoms with Crippen LogP contribution in [0.1, 0.15) is 12.5 Å². The quantitative estimate of drug-likeness (QED) is 0.715. The summed E-state index contributed by atoms with van der Waals surface area (Å²) in [4.78, 5) is 2.13. The summed E-state index contributed by atoms with van der Waals surface area (Å²) in [5.41, 5.74) is 1.22. The Morgan fingerprint density at radius 1 is 1.50 bits per heavy atom. The molecule has 76 valence electrons. The third-order valence-corrected chi connectivity index (χ3v) is 2.23. The molecule has 1 aliphatic heterocycles. The van der Waals surface area contributed by atoms with E-state index in [9.17, 15) is 0 Å². The van der Waals surface area contributed by atoms with E-state index in [2.05, 4.69) is 11.0 Å². The van der Waals surface area contributed by atoms with Crippen molar-refractivity contribution in [3.05, 3.63) is 23.8 Å². The Labute approximate surface area is 84.2 Å². The van der Waals surface area contributed by atoms with Crippen LogP contribution in [0.5, 0.6) is 11.5 Å². The van der Waals surface area contributed by atoms with Gasteiger partial charge in [0.05, 0.1) is 6.61 Å². The molecule has 0 spiro atoms. The molecule has 3 heteroatoms. The highest BCUT2D eigenvalue weighted by molar-refractivity contribution is 5.41. The van der Waals surface area contributed by atoms with Crippen LogP contribution in [-0.4, -0.2) is 25.3 Å². The average molecular weight is 193 g/mol. The first-order valence-corrected chi connectivity index (χ1v) is 4.86. The van der Waals surface area contributed by atoms with Gasteiger partial charge in [0.15, 0.2) is 0 Å². The molecular weight excluding hydrogens is 178 g/mol. The van der Waals surface area contributed by atoms with Crippen LogP contribution < -0.4 is 9.47 Å². The van der Waals surface area contributed by atoms with E-state index in [4.69, 9.17) is 9.47 Å². The summed E-state index contributed by atoms with van der Waals surface area (Å²) in [5, 5.41) is 0. The molecule has 0 amide bonds. The number of benzene rings is 1. The second-order valence-electron chi connectivity index (χ2n) is 3.49. The van der Waals surface area contributed by atoms with Crippen molar-refractivity contribution in [3.63, 3.8) is 0 Å². The van der Waals surface area contributed by atoms with Crippen LogP contribution in [0.25, 0.3) is 0 Å². The predicted octanol–water partition coefficient (Wildman–Crippen LogP) is 1.87. The SMILES string of the molecule is CCOc1ccc2c(c1)OCN(C)C2. The fourth-order valence-corrected chi connectivity index (χ4v) is 1.57. The van der Waals surface area contributed by atoms with Crippen molar-refractivity contribution >= 4 is 0 Å². The van der Waals surface area contributed by atoms with Crippen LogP contribution in [0, 0.1) is 0 Å². The molecule has 0 atom stereocenters. The number of rotatable bonds is 2. The molecule has 3 nitrogen and oxygen atoms in total. The van der Waals surface area contributed by atoms with Crippen LogP contribution in [0.15, 0.2) is 18.2 Å². The lowest BCUT2D eigenvalue weighted by Crippen LogP contribution is -2.27. The Bertz CT molecular complexity index is 325. The van der Waals surface area contributed by atoms with Crippen molar-refractivity contribution < 1.29 is 9.47 Å². The molecule has 0 fully saturated rings. The van der Waals surface area contributed by atoms with Gasteiger partial charge in [0, 0.05) is 18.2 Å². The molecule has 1 heterocycles. The van der Waals surface area contributed by atoms with E-state index in [0.29, 0.717) is 13.3 Å². The van der Waals surface area contributed by atoms with Crippen molar-refractivity contribution in [2.75, 3.05) is 20.4 Å². The van der Waals surface area contributed by atoms with Gasteiger partial charge in [0.1, 0.15) is 18.2 Å². The summed E-state index contributed by atoms with van der Waals surface area (Å²) >= 11 is 0. The Morgan fingerprint density at radius 2 is 2.36 bits per heavy atom. The monoisotopic (exact) mass is 193 g/mol. The number of hydrogen-bond acceptors (Lipinski definition) is 3. The molecule has 0 aliphatic carbocycles. The van der Waals surface area contributed by atoms with Crippen molar-refractivity contribution in [1.82, 2.24) is 4.90 Å². The second kappa shape index (κ2) is 3.88. The molecule has 2 rings (SSSR count). The summed E-state index contributed by atoms with van der Waals surface area (Å²) in [6.45, 7) is 4.27. The third kappa shape index (κ3) is 1.82. The molecule has 0 aromatic heterocycles. The van der Waals surface area contributed by atoms with Crippen LogP contribution >= 0.6 is 0 Å². The fraction of sp³-hybridized carbons (Fsp3) is 0.455. The number of fused-ring (bicyclic) bond motifs is 1. The maximum absolute atomic E-state index is 5.57. The van der Waals surface area contributed by atoms with Gasteiger partial charge in [-0.2, -0.15) is 0 Å². The van der Waals surface area contributed by atoms with Gasteiger partial charge in [0.25, 0.3) is 0 Å². The third-order valence-electron chi connectivity index (χ3n) is 2.23. The minimum atomic E-state index is 0.655. The topological polar surface area (TPSA) is 21.7 Å². The Kier molecular flexibility index (Phi) is 2.59. The van der Waals surface area contributed by atoms with E-state index in [1.165, 1.54) is 5.56 Å². The first-order chi connectivity index (χ1) is 6.79. The van der Waals surface area contributed by atoms with Gasteiger partial charge in [0.2, 0.25) is 0 Å². The summed E-state index contributed by atoms with van der Waals surface area (Å²) in [7, 11) is 2.04. The first-order valence-electron chi connectivity index (χ1n) is 4.86. The fourth-order valence-electron chi connectivity index (χ4n) is 1.57. The second-order valence-corrected chi connectivity index (χ2v) is 3.49. The van der Waals surface area contributed by atoms with Gasteiger partial charge in [-0.3, -0.25) is 4.90 Å². The Hall–Kier alpha value is -1.22. The molecule has 1 aromatic rings. The zero-order valence-electron chi connectivity index (χ0n) is 8.62. The minimum Gasteiger partial charge on any atom is -0.494 e. The van der Waals surface area contributed by atoms with E-state index >= 15 is 0 Å². The van der Waals surface area contributed by atoms with Crippen LogP contribution in [0.2, 0.25) is 0 Å². The molecular formula is C11H15NO2. The molecule has 0 N–H and O–H groups in total. The molecule has 0 saturated carbocycles. The summed E-state index contributed by atoms with van der Waals surface area (Å²) in [5.74, 6) is 1.84. The zero-order chi connectivity index (χ0) is 9.97. The number of ether oxygens (including phenoxy) is 2. The van der Waals surface area contributed by atoms with Gasteiger partial charge in [-0.25, -0.2) is 0 Å². The maximum Gasteiger partial charge on any atom is 0.142 e. The Balaban J connectivity index is 2.22. The number of hydrogen-bond donors (Lipinski definition) is 0. The van der Waals surface area contributed by atoms with Gasteiger partial charge in [-0.1, -0.05) is 6.07 Å². The lowest BCUT2D eigenvalue weighted by atomic mass is 10.1. The van der Waals surface area contributed by atoms with Crippen molar-refractivity contribution in [2.45, 2.75) is 13.5 Å². The highest BCUT2D eigenvalue weighted by Gasteiger charge is 2.14. The van der Waals surface area contributed by atoms with Crippen molar-refractivity contribution in [2.24, 2.45) is 0 Å². The van der Waals surface area contributed by atoms with Crippen LogP contribution in [0.4, 0.5) is 0 Å². The molecule has 14 heavy (non-hydrogen) atoms. The summed E-state index contributed by atoms with van der Waals surface area (Å²) < 4.78 is 11.0. The Morgan fingerprint density at radius 3 is 3.14 bits per heavy atom. The van der Waals surface area contributed by atoms with E-state index in [1.807, 2.05) is 26.1 Å². The first kappa shape index (κ1) is 9.34. The molecule has 0 saturated heterocycles. The van der Waals surface area contributed by atoms with Gasteiger partial charge in [-0.15, -0.1) is 0 Å². The predicted molar refractivity (Wildman–Crippen MR) is 54.6 cm³/mol. The highest BCUT2D eigenvalue weighted by atomic mass is 16.5. The molecule has 0 bridgehead atoms. The van der Waals surface area contributed by atoms with E-state index < -0.39 is 0 Å². The maximum atomic E-state index is 5.57.